The summed E-state index contributed by atoms with van der Waals surface area (Å²) in [4.78, 5) is 0. The van der Waals surface area contributed by atoms with Gasteiger partial charge in [-0.1, -0.05) is 29.8 Å². The van der Waals surface area contributed by atoms with Crippen molar-refractivity contribution in [1.82, 2.24) is 0 Å². The van der Waals surface area contributed by atoms with Crippen molar-refractivity contribution in [2.45, 2.75) is 19.2 Å². The first-order valence-corrected chi connectivity index (χ1v) is 6.52. The normalized spacial score (nSPS) is 13.0. The first-order valence-electron chi connectivity index (χ1n) is 6.52. The van der Waals surface area contributed by atoms with E-state index in [1.54, 1.807) is 0 Å². The van der Waals surface area contributed by atoms with Crippen LogP contribution >= 0.6 is 0 Å². The van der Waals surface area contributed by atoms with E-state index >= 15 is 0 Å². The van der Waals surface area contributed by atoms with Crippen LogP contribution in [0.5, 0.6) is 0 Å². The van der Waals surface area contributed by atoms with Crippen molar-refractivity contribution < 1.29 is 18.3 Å². The maximum Gasteiger partial charge on any atom is 0.416 e. The smallest absolute Gasteiger partial charge is 0.387 e. The first kappa shape index (κ1) is 15.4. The van der Waals surface area contributed by atoms with Crippen LogP contribution in [-0.2, 0) is 6.18 Å². The molecule has 1 atom stereocenters. The highest BCUT2D eigenvalue weighted by molar-refractivity contribution is 5.44. The highest BCUT2D eigenvalue weighted by atomic mass is 19.4. The lowest BCUT2D eigenvalue weighted by Gasteiger charge is -2.15. The minimum atomic E-state index is -4.40. The zero-order valence-electron chi connectivity index (χ0n) is 11.5. The monoisotopic (exact) mass is 295 g/mol. The zero-order chi connectivity index (χ0) is 15.5. The summed E-state index contributed by atoms with van der Waals surface area (Å²) in [6.45, 7) is 2.10. The molecule has 0 heterocycles. The van der Waals surface area contributed by atoms with Gasteiger partial charge in [-0.25, -0.2) is 0 Å². The quantitative estimate of drug-likeness (QED) is 0.887. The van der Waals surface area contributed by atoms with Gasteiger partial charge in [0.15, 0.2) is 0 Å². The van der Waals surface area contributed by atoms with Gasteiger partial charge in [0.2, 0.25) is 0 Å². The summed E-state index contributed by atoms with van der Waals surface area (Å²) >= 11 is 0. The molecule has 112 valence electrons. The van der Waals surface area contributed by atoms with Crippen LogP contribution in [-0.4, -0.2) is 11.7 Å². The Labute approximate surface area is 121 Å². The summed E-state index contributed by atoms with van der Waals surface area (Å²) < 4.78 is 37.9. The van der Waals surface area contributed by atoms with Gasteiger partial charge in [0.1, 0.15) is 0 Å². The third-order valence-electron chi connectivity index (χ3n) is 3.15. The standard InChI is InChI=1S/C16H16F3NO/c1-11-5-7-14(8-6-11)20-10-15(21)12-3-2-4-13(9-12)16(17,18)19/h2-9,15,20-21H,10H2,1H3. The molecule has 0 aliphatic carbocycles. The summed E-state index contributed by atoms with van der Waals surface area (Å²) in [5, 5.41) is 13.0. The highest BCUT2D eigenvalue weighted by Gasteiger charge is 2.30. The Kier molecular flexibility index (Phi) is 4.53. The first-order chi connectivity index (χ1) is 9.86. The van der Waals surface area contributed by atoms with E-state index in [1.165, 1.54) is 12.1 Å². The number of hydrogen-bond donors (Lipinski definition) is 2. The molecule has 2 aromatic carbocycles. The molecule has 0 saturated carbocycles. The van der Waals surface area contributed by atoms with Gasteiger partial charge in [-0.3, -0.25) is 0 Å². The molecule has 5 heteroatoms. The molecule has 0 aliphatic rings. The SMILES string of the molecule is Cc1ccc(NCC(O)c2cccc(C(F)(F)F)c2)cc1. The lowest BCUT2D eigenvalue weighted by molar-refractivity contribution is -0.137. The van der Waals surface area contributed by atoms with Crippen molar-refractivity contribution in [3.63, 3.8) is 0 Å². The fraction of sp³-hybridized carbons (Fsp3) is 0.250. The lowest BCUT2D eigenvalue weighted by atomic mass is 10.1. The summed E-state index contributed by atoms with van der Waals surface area (Å²) in [5.74, 6) is 0. The van der Waals surface area contributed by atoms with Gasteiger partial charge in [0, 0.05) is 12.2 Å². The fourth-order valence-electron chi connectivity index (χ4n) is 1.93. The van der Waals surface area contributed by atoms with Crippen LogP contribution in [0.3, 0.4) is 0 Å². The summed E-state index contributed by atoms with van der Waals surface area (Å²) in [7, 11) is 0. The van der Waals surface area contributed by atoms with Gasteiger partial charge in [0.25, 0.3) is 0 Å². The highest BCUT2D eigenvalue weighted by Crippen LogP contribution is 2.30. The van der Waals surface area contributed by atoms with Crippen LogP contribution in [0, 0.1) is 6.92 Å². The maximum atomic E-state index is 12.6. The summed E-state index contributed by atoms with van der Waals surface area (Å²) in [5.41, 5.74) is 1.41. The minimum Gasteiger partial charge on any atom is -0.387 e. The molecule has 0 bridgehead atoms. The number of benzene rings is 2. The lowest BCUT2D eigenvalue weighted by Crippen LogP contribution is -2.13. The van der Waals surface area contributed by atoms with Gasteiger partial charge >= 0.3 is 6.18 Å². The van der Waals surface area contributed by atoms with Crippen LogP contribution < -0.4 is 5.32 Å². The number of hydrogen-bond acceptors (Lipinski definition) is 2. The van der Waals surface area contributed by atoms with E-state index in [9.17, 15) is 18.3 Å². The number of aliphatic hydroxyl groups excluding tert-OH is 1. The molecule has 0 aromatic heterocycles. The van der Waals surface area contributed by atoms with Crippen LogP contribution in [0.15, 0.2) is 48.5 Å². The predicted octanol–water partition coefficient (Wildman–Crippen LogP) is 4.16. The molecule has 2 nitrogen and oxygen atoms in total. The van der Waals surface area contributed by atoms with Crippen molar-refractivity contribution in [3.8, 4) is 0 Å². The molecular formula is C16H16F3NO. The van der Waals surface area contributed by atoms with Gasteiger partial charge in [-0.2, -0.15) is 13.2 Å². The number of nitrogens with one attached hydrogen (secondary N) is 1. The molecule has 0 fully saturated rings. The van der Waals surface area contributed by atoms with Crippen molar-refractivity contribution >= 4 is 5.69 Å². The molecule has 2 rings (SSSR count). The maximum absolute atomic E-state index is 12.6. The van der Waals surface area contributed by atoms with Gasteiger partial charge in [0.05, 0.1) is 11.7 Å². The molecule has 2 aromatic rings. The van der Waals surface area contributed by atoms with Crippen LogP contribution in [0.2, 0.25) is 0 Å². The second-order valence-corrected chi connectivity index (χ2v) is 4.89. The van der Waals surface area contributed by atoms with E-state index in [2.05, 4.69) is 5.32 Å². The second-order valence-electron chi connectivity index (χ2n) is 4.89. The minimum absolute atomic E-state index is 0.143. The van der Waals surface area contributed by atoms with Crippen molar-refractivity contribution in [1.29, 1.82) is 0 Å². The van der Waals surface area contributed by atoms with Crippen molar-refractivity contribution in [2.75, 3.05) is 11.9 Å². The van der Waals surface area contributed by atoms with E-state index in [1.807, 2.05) is 31.2 Å². The number of halogens is 3. The third-order valence-corrected chi connectivity index (χ3v) is 3.15. The van der Waals surface area contributed by atoms with Crippen LogP contribution in [0.1, 0.15) is 22.8 Å². The van der Waals surface area contributed by atoms with E-state index in [4.69, 9.17) is 0 Å². The van der Waals surface area contributed by atoms with Crippen LogP contribution in [0.4, 0.5) is 18.9 Å². The van der Waals surface area contributed by atoms with Gasteiger partial charge < -0.3 is 10.4 Å². The van der Waals surface area contributed by atoms with Gasteiger partial charge in [-0.15, -0.1) is 0 Å². The molecule has 0 aliphatic heterocycles. The van der Waals surface area contributed by atoms with E-state index < -0.39 is 17.8 Å². The van der Waals surface area contributed by atoms with Crippen molar-refractivity contribution in [2.24, 2.45) is 0 Å². The molecule has 0 spiro atoms. The molecule has 0 saturated heterocycles. The summed E-state index contributed by atoms with van der Waals surface area (Å²) in [6, 6.07) is 12.3. The summed E-state index contributed by atoms with van der Waals surface area (Å²) in [6.07, 6.45) is -5.41. The molecule has 0 radical (unpaired) electrons. The number of aryl methyl sites for hydroxylation is 1. The fourth-order valence-corrected chi connectivity index (χ4v) is 1.93. The topological polar surface area (TPSA) is 32.3 Å². The molecule has 2 N–H and O–H groups in total. The molecular weight excluding hydrogens is 279 g/mol. The van der Waals surface area contributed by atoms with E-state index in [0.29, 0.717) is 0 Å². The number of rotatable bonds is 4. The average molecular weight is 295 g/mol. The Hall–Kier alpha value is -2.01. The van der Waals surface area contributed by atoms with Gasteiger partial charge in [-0.05, 0) is 36.8 Å². The third kappa shape index (κ3) is 4.23. The molecule has 0 amide bonds. The average Bonchev–Trinajstić information content (AvgIpc) is 2.45. The second kappa shape index (κ2) is 6.18. The zero-order valence-corrected chi connectivity index (χ0v) is 11.5. The largest absolute Gasteiger partial charge is 0.416 e. The number of aliphatic hydroxyl groups is 1. The Bertz CT molecular complexity index is 593. The molecule has 1 unspecified atom stereocenters. The Morgan fingerprint density at radius 2 is 1.76 bits per heavy atom. The predicted molar refractivity (Wildman–Crippen MR) is 76.1 cm³/mol. The Balaban J connectivity index is 2.03. The number of alkyl halides is 3. The van der Waals surface area contributed by atoms with E-state index in [-0.39, 0.29) is 12.1 Å². The van der Waals surface area contributed by atoms with Crippen LogP contribution in [0.25, 0.3) is 0 Å². The van der Waals surface area contributed by atoms with E-state index in [0.717, 1.165) is 23.4 Å². The Morgan fingerprint density at radius 1 is 1.10 bits per heavy atom. The molecule has 21 heavy (non-hydrogen) atoms. The number of anilines is 1. The Morgan fingerprint density at radius 3 is 2.38 bits per heavy atom. The van der Waals surface area contributed by atoms with Crippen molar-refractivity contribution in [3.05, 3.63) is 65.2 Å².